The summed E-state index contributed by atoms with van der Waals surface area (Å²) >= 11 is 6.67. The number of aliphatic carboxylic acids is 2. The number of carbonyl (C=O) groups is 2. The number of carboxylic acids is 2. The molecule has 9 heteroatoms. The maximum absolute atomic E-state index is 10.3. The van der Waals surface area contributed by atoms with E-state index in [-0.39, 0.29) is 17.0 Å². The standard InChI is InChI=1S/C13H19O2P.C12H10.C7H12BrN.C7H13BrO2.BrH/c14-13(15)10-6-1-2-7-11-16-12-8-4-3-5-9-12;1-3-7-11(8-4-1)12-9-5-2-6-10-12;8-6-4-2-1-3-5-7-9;8-6-4-2-1-3-5-7(9)10;/h3-5,8-9,16H,1-2,6-7,10-11H2,(H,14,15);1-10H;1-6H2;1-6H2,(H,9,10);1H. The SMILES string of the molecule is N#CCCCCCCBr.O=C(O)CCCCCCBr.O=C(O)CCCCCC[PH2+]c1ccccc1.[Br-].c1ccc(-c2ccccc2)cc1. The lowest BCUT2D eigenvalue weighted by Crippen LogP contribution is -3.00. The van der Waals surface area contributed by atoms with Gasteiger partial charge in [0, 0.05) is 38.5 Å². The van der Waals surface area contributed by atoms with Crippen LogP contribution in [-0.2, 0) is 9.59 Å². The van der Waals surface area contributed by atoms with Crippen molar-refractivity contribution in [3.05, 3.63) is 91.0 Å². The molecule has 0 spiro atoms. The van der Waals surface area contributed by atoms with Crippen LogP contribution in [-0.4, -0.2) is 39.0 Å². The molecule has 2 N–H and O–H groups in total. The first-order chi connectivity index (χ1) is 22.9. The summed E-state index contributed by atoms with van der Waals surface area (Å²) in [6.45, 7) is 0. The van der Waals surface area contributed by atoms with Crippen LogP contribution in [0.25, 0.3) is 11.1 Å². The predicted octanol–water partition coefficient (Wildman–Crippen LogP) is 8.39. The van der Waals surface area contributed by atoms with Crippen molar-refractivity contribution in [2.45, 2.75) is 96.3 Å². The Morgan fingerprint density at radius 1 is 0.562 bits per heavy atom. The Morgan fingerprint density at radius 2 is 0.938 bits per heavy atom. The van der Waals surface area contributed by atoms with Gasteiger partial charge in [-0.25, -0.2) is 0 Å². The summed E-state index contributed by atoms with van der Waals surface area (Å²) in [5.74, 6) is -1.35. The van der Waals surface area contributed by atoms with Crippen molar-refractivity contribution in [3.63, 3.8) is 0 Å². The summed E-state index contributed by atoms with van der Waals surface area (Å²) in [6, 6.07) is 33.5. The van der Waals surface area contributed by atoms with Gasteiger partial charge in [-0.3, -0.25) is 9.59 Å². The van der Waals surface area contributed by atoms with Gasteiger partial charge in [0.2, 0.25) is 0 Å². The van der Waals surface area contributed by atoms with Crippen molar-refractivity contribution in [1.82, 2.24) is 0 Å². The van der Waals surface area contributed by atoms with Crippen LogP contribution in [0.2, 0.25) is 0 Å². The molecule has 0 saturated heterocycles. The number of halogens is 3. The zero-order valence-corrected chi connectivity index (χ0v) is 34.2. The van der Waals surface area contributed by atoms with Crippen LogP contribution in [0.5, 0.6) is 0 Å². The Hall–Kier alpha value is -2.04. The largest absolute Gasteiger partial charge is 1.00 e. The predicted molar refractivity (Wildman–Crippen MR) is 210 cm³/mol. The van der Waals surface area contributed by atoms with E-state index in [0.29, 0.717) is 21.4 Å². The van der Waals surface area contributed by atoms with E-state index in [1.807, 2.05) is 12.1 Å². The van der Waals surface area contributed by atoms with Gasteiger partial charge in [0.25, 0.3) is 0 Å². The molecule has 3 rings (SSSR count). The van der Waals surface area contributed by atoms with Crippen molar-refractivity contribution in [2.75, 3.05) is 16.8 Å². The maximum atomic E-state index is 10.3. The number of hydrogen-bond donors (Lipinski definition) is 2. The average molecular weight is 873 g/mol. The zero-order valence-electron chi connectivity index (χ0n) is 28.3. The van der Waals surface area contributed by atoms with E-state index in [1.165, 1.54) is 54.7 Å². The number of carboxylic acid groups (broad SMARTS) is 2. The van der Waals surface area contributed by atoms with Crippen molar-refractivity contribution in [2.24, 2.45) is 0 Å². The van der Waals surface area contributed by atoms with Gasteiger partial charge in [0.1, 0.15) is 0 Å². The first-order valence-electron chi connectivity index (χ1n) is 16.9. The second-order valence-corrected chi connectivity index (χ2v) is 14.2. The van der Waals surface area contributed by atoms with E-state index < -0.39 is 11.9 Å². The molecule has 0 amide bonds. The molecular weight excluding hydrogens is 817 g/mol. The van der Waals surface area contributed by atoms with E-state index in [0.717, 1.165) is 62.0 Å². The minimum atomic E-state index is -0.682. The number of hydrogen-bond acceptors (Lipinski definition) is 3. The number of unbranched alkanes of at least 4 members (excludes halogenated alkanes) is 10. The molecule has 0 aliphatic carbocycles. The molecular formula is C39H55Br3NO4P. The second-order valence-electron chi connectivity index (χ2n) is 11.0. The number of nitrogens with zero attached hydrogens (tertiary/aromatic N) is 1. The van der Waals surface area contributed by atoms with Gasteiger partial charge in [-0.2, -0.15) is 5.26 Å². The summed E-state index contributed by atoms with van der Waals surface area (Å²) in [7, 11) is 0.409. The highest BCUT2D eigenvalue weighted by atomic mass is 79.9. The van der Waals surface area contributed by atoms with Gasteiger partial charge in [-0.1, -0.05) is 143 Å². The van der Waals surface area contributed by atoms with Gasteiger partial charge in [0.15, 0.2) is 0 Å². The molecule has 1 atom stereocenters. The molecule has 0 fully saturated rings. The molecule has 1 unspecified atom stereocenters. The molecule has 0 bridgehead atoms. The van der Waals surface area contributed by atoms with E-state index in [9.17, 15) is 9.59 Å². The minimum absolute atomic E-state index is 0. The minimum Gasteiger partial charge on any atom is -1.00 e. The molecule has 5 nitrogen and oxygen atoms in total. The third kappa shape index (κ3) is 33.8. The third-order valence-corrected chi connectivity index (χ3v) is 9.53. The Morgan fingerprint density at radius 3 is 1.33 bits per heavy atom. The fourth-order valence-electron chi connectivity index (χ4n) is 4.27. The highest BCUT2D eigenvalue weighted by molar-refractivity contribution is 9.09. The van der Waals surface area contributed by atoms with E-state index >= 15 is 0 Å². The van der Waals surface area contributed by atoms with Crippen molar-refractivity contribution >= 4 is 57.7 Å². The van der Waals surface area contributed by atoms with E-state index in [4.69, 9.17) is 15.5 Å². The van der Waals surface area contributed by atoms with Gasteiger partial charge >= 0.3 is 11.9 Å². The Kier molecular flexibility index (Phi) is 37.8. The lowest BCUT2D eigenvalue weighted by molar-refractivity contribution is -0.138. The van der Waals surface area contributed by atoms with Crippen LogP contribution in [0.15, 0.2) is 91.0 Å². The molecule has 0 aliphatic rings. The van der Waals surface area contributed by atoms with Crippen LogP contribution in [0.4, 0.5) is 0 Å². The smallest absolute Gasteiger partial charge is 0.303 e. The molecule has 0 aliphatic heterocycles. The molecule has 0 radical (unpaired) electrons. The fraction of sp³-hybridized carbons (Fsp3) is 0.462. The fourth-order valence-corrected chi connectivity index (χ4v) is 6.38. The quantitative estimate of drug-likeness (QED) is 0.0676. The summed E-state index contributed by atoms with van der Waals surface area (Å²) in [4.78, 5) is 20.3. The van der Waals surface area contributed by atoms with Crippen molar-refractivity contribution in [3.8, 4) is 17.2 Å². The Bertz CT molecular complexity index is 1130. The maximum Gasteiger partial charge on any atom is 0.303 e. The first-order valence-corrected chi connectivity index (χ1v) is 20.5. The summed E-state index contributed by atoms with van der Waals surface area (Å²) < 4.78 is 0. The summed E-state index contributed by atoms with van der Waals surface area (Å²) in [5.41, 5.74) is 2.55. The van der Waals surface area contributed by atoms with Crippen LogP contribution in [0.1, 0.15) is 96.3 Å². The Labute approximate surface area is 319 Å². The third-order valence-electron chi connectivity index (χ3n) is 6.85. The van der Waals surface area contributed by atoms with Crippen LogP contribution in [0.3, 0.4) is 0 Å². The highest BCUT2D eigenvalue weighted by Gasteiger charge is 2.00. The van der Waals surface area contributed by atoms with Crippen LogP contribution >= 0.6 is 40.4 Å². The van der Waals surface area contributed by atoms with Gasteiger partial charge in [-0.15, -0.1) is 0 Å². The molecule has 48 heavy (non-hydrogen) atoms. The zero-order chi connectivity index (χ0) is 34.6. The number of alkyl halides is 2. The molecule has 0 aromatic heterocycles. The Balaban J connectivity index is 0. The van der Waals surface area contributed by atoms with Crippen molar-refractivity contribution in [1.29, 1.82) is 5.26 Å². The number of nitriles is 1. The lowest BCUT2D eigenvalue weighted by atomic mass is 10.1. The van der Waals surface area contributed by atoms with Gasteiger partial charge in [0.05, 0.1) is 17.5 Å². The monoisotopic (exact) mass is 869 g/mol. The van der Waals surface area contributed by atoms with Crippen LogP contribution in [0, 0.1) is 11.3 Å². The number of benzene rings is 3. The second kappa shape index (κ2) is 37.8. The number of rotatable bonds is 20. The van der Waals surface area contributed by atoms with Gasteiger partial charge in [-0.05, 0) is 68.2 Å². The van der Waals surface area contributed by atoms with E-state index in [1.54, 1.807) is 0 Å². The van der Waals surface area contributed by atoms with Crippen LogP contribution < -0.4 is 22.3 Å². The van der Waals surface area contributed by atoms with Crippen molar-refractivity contribution < 1.29 is 36.8 Å². The summed E-state index contributed by atoms with van der Waals surface area (Å²) in [6.07, 6.45) is 15.9. The average Bonchev–Trinajstić information content (AvgIpc) is 3.10. The highest BCUT2D eigenvalue weighted by Crippen LogP contribution is 2.17. The molecule has 266 valence electrons. The van der Waals surface area contributed by atoms with E-state index in [2.05, 4.69) is 117 Å². The van der Waals surface area contributed by atoms with Gasteiger partial charge < -0.3 is 27.2 Å². The molecule has 3 aromatic rings. The topological polar surface area (TPSA) is 98.4 Å². The normalized spacial score (nSPS) is 9.77. The first kappa shape index (κ1) is 48.1. The molecule has 0 saturated carbocycles. The summed E-state index contributed by atoms with van der Waals surface area (Å²) in [5, 5.41) is 28.5. The molecule has 3 aromatic carbocycles. The lowest BCUT2D eigenvalue weighted by Gasteiger charge is -1.98. The molecule has 0 heterocycles.